The average molecular weight is 543 g/mol. The summed E-state index contributed by atoms with van der Waals surface area (Å²) in [5, 5.41) is 3.49. The van der Waals surface area contributed by atoms with E-state index >= 15 is 0 Å². The van der Waals surface area contributed by atoms with Crippen LogP contribution in [-0.2, 0) is 22.6 Å². The Morgan fingerprint density at radius 1 is 1.21 bits per heavy atom. The molecule has 4 amide bonds. The molecule has 0 bridgehead atoms. The molecule has 0 radical (unpaired) electrons. The van der Waals surface area contributed by atoms with Crippen LogP contribution in [0.2, 0.25) is 0 Å². The van der Waals surface area contributed by atoms with E-state index in [1.54, 1.807) is 43.8 Å². The minimum absolute atomic E-state index is 0.147. The number of carbonyl (C=O) groups excluding carboxylic acids is 3. The molecule has 2 aromatic rings. The number of thioether (sulfide) groups is 1. The number of carbonyl (C=O) groups is 3. The van der Waals surface area contributed by atoms with Crippen molar-refractivity contribution in [3.05, 3.63) is 47.7 Å². The highest BCUT2D eigenvalue weighted by molar-refractivity contribution is 7.98. The van der Waals surface area contributed by atoms with Gasteiger partial charge in [-0.15, -0.1) is 0 Å². The number of hydrogen-bond acceptors (Lipinski definition) is 8. The molecule has 4 rings (SSSR count). The number of nitrogens with zero attached hydrogens (tertiary/aromatic N) is 5. The second-order valence-electron chi connectivity index (χ2n) is 10.3. The first-order valence-electron chi connectivity index (χ1n) is 12.4. The number of likely N-dealkylation sites (tertiary alicyclic amines) is 1. The fourth-order valence-electron chi connectivity index (χ4n) is 4.57. The Labute approximate surface area is 226 Å². The lowest BCUT2D eigenvalue weighted by atomic mass is 9.96. The van der Waals surface area contributed by atoms with Crippen molar-refractivity contribution in [3.8, 4) is 0 Å². The number of benzene rings is 1. The highest BCUT2D eigenvalue weighted by Gasteiger charge is 2.42. The molecule has 12 heteroatoms. The van der Waals surface area contributed by atoms with E-state index in [4.69, 9.17) is 9.47 Å². The van der Waals surface area contributed by atoms with E-state index in [2.05, 4.69) is 15.3 Å². The number of piperidine rings is 1. The van der Waals surface area contributed by atoms with Gasteiger partial charge in [0.05, 0.1) is 18.6 Å². The minimum Gasteiger partial charge on any atom is -0.445 e. The quantitative estimate of drug-likeness (QED) is 0.447. The Bertz CT molecular complexity index is 1170. The standard InChI is InChI=1S/C26H34N6O5S/c1-26(2,3)37-23(33)28-19-15-31(25(35)36-16-17-9-7-6-8-10-17)12-11-20(19)32-14-18-13-27-22(38-5)29-21(18)30(4)24(32)34/h6-10,13,19-20H,11-12,14-16H2,1-5H3,(H,28,33). The summed E-state index contributed by atoms with van der Waals surface area (Å²) in [5.41, 5.74) is 0.992. The summed E-state index contributed by atoms with van der Waals surface area (Å²) in [4.78, 5) is 52.8. The van der Waals surface area contributed by atoms with Crippen LogP contribution in [-0.4, -0.2) is 82.1 Å². The summed E-state index contributed by atoms with van der Waals surface area (Å²) in [6, 6.07) is 8.24. The summed E-state index contributed by atoms with van der Waals surface area (Å²) in [5.74, 6) is 0.573. The number of hydrogen-bond donors (Lipinski definition) is 1. The summed E-state index contributed by atoms with van der Waals surface area (Å²) in [6.07, 6.45) is 2.97. The third-order valence-corrected chi connectivity index (χ3v) is 6.90. The van der Waals surface area contributed by atoms with Crippen molar-refractivity contribution in [3.63, 3.8) is 0 Å². The lowest BCUT2D eigenvalue weighted by Gasteiger charge is -2.46. The topological polar surface area (TPSA) is 117 Å². The van der Waals surface area contributed by atoms with Crippen molar-refractivity contribution >= 4 is 35.8 Å². The highest BCUT2D eigenvalue weighted by Crippen LogP contribution is 2.31. The molecule has 1 fully saturated rings. The van der Waals surface area contributed by atoms with Gasteiger partial charge in [-0.25, -0.2) is 24.4 Å². The smallest absolute Gasteiger partial charge is 0.410 e. The highest BCUT2D eigenvalue weighted by atomic mass is 32.2. The molecule has 2 atom stereocenters. The Morgan fingerprint density at radius 3 is 2.63 bits per heavy atom. The largest absolute Gasteiger partial charge is 0.445 e. The van der Waals surface area contributed by atoms with Crippen molar-refractivity contribution in [2.45, 2.75) is 63.2 Å². The molecule has 38 heavy (non-hydrogen) atoms. The van der Waals surface area contributed by atoms with Crippen LogP contribution in [0.1, 0.15) is 38.3 Å². The number of anilines is 1. The van der Waals surface area contributed by atoms with Crippen molar-refractivity contribution in [2.24, 2.45) is 0 Å². The summed E-state index contributed by atoms with van der Waals surface area (Å²) < 4.78 is 11.0. The zero-order valence-electron chi connectivity index (χ0n) is 22.3. The second kappa shape index (κ2) is 11.5. The molecule has 1 aromatic heterocycles. The lowest BCUT2D eigenvalue weighted by molar-refractivity contribution is 0.0331. The van der Waals surface area contributed by atoms with E-state index in [1.807, 2.05) is 36.6 Å². The van der Waals surface area contributed by atoms with Gasteiger partial charge in [-0.05, 0) is 39.0 Å². The molecule has 0 spiro atoms. The SMILES string of the molecule is CSc1ncc2c(n1)N(C)C(=O)N(C1CCN(C(=O)OCc3ccccc3)CC1NC(=O)OC(C)(C)C)C2. The average Bonchev–Trinajstić information content (AvgIpc) is 2.88. The van der Waals surface area contributed by atoms with Gasteiger partial charge in [-0.3, -0.25) is 4.90 Å². The van der Waals surface area contributed by atoms with E-state index < -0.39 is 23.8 Å². The number of rotatable bonds is 5. The molecule has 1 aromatic carbocycles. The maximum atomic E-state index is 13.5. The molecule has 204 valence electrons. The van der Waals surface area contributed by atoms with Gasteiger partial charge in [0.25, 0.3) is 0 Å². The van der Waals surface area contributed by atoms with Gasteiger partial charge in [0.15, 0.2) is 5.16 Å². The van der Waals surface area contributed by atoms with Crippen LogP contribution in [0.25, 0.3) is 0 Å². The molecular formula is C26H34N6O5S. The molecule has 2 aliphatic heterocycles. The second-order valence-corrected chi connectivity index (χ2v) is 11.0. The van der Waals surface area contributed by atoms with Crippen LogP contribution in [0.3, 0.4) is 0 Å². The zero-order valence-corrected chi connectivity index (χ0v) is 23.2. The molecule has 11 nitrogen and oxygen atoms in total. The maximum Gasteiger partial charge on any atom is 0.410 e. The number of amides is 4. The lowest BCUT2D eigenvalue weighted by Crippen LogP contribution is -2.64. The molecule has 1 N–H and O–H groups in total. The normalized spacial score (nSPS) is 19.6. The molecule has 2 unspecified atom stereocenters. The van der Waals surface area contributed by atoms with Gasteiger partial charge in [0.1, 0.15) is 18.0 Å². The van der Waals surface area contributed by atoms with E-state index in [-0.39, 0.29) is 25.2 Å². The van der Waals surface area contributed by atoms with Crippen LogP contribution in [0, 0.1) is 0 Å². The van der Waals surface area contributed by atoms with Crippen molar-refractivity contribution in [2.75, 3.05) is 31.3 Å². The van der Waals surface area contributed by atoms with Crippen LogP contribution < -0.4 is 10.2 Å². The van der Waals surface area contributed by atoms with Gasteiger partial charge in [0, 0.05) is 31.9 Å². The van der Waals surface area contributed by atoms with Gasteiger partial charge >= 0.3 is 18.2 Å². The first-order valence-corrected chi connectivity index (χ1v) is 13.7. The Balaban J connectivity index is 1.52. The number of aromatic nitrogens is 2. The number of nitrogens with one attached hydrogen (secondary N) is 1. The summed E-state index contributed by atoms with van der Waals surface area (Å²) in [7, 11) is 1.68. The number of urea groups is 1. The summed E-state index contributed by atoms with van der Waals surface area (Å²) >= 11 is 1.41. The monoisotopic (exact) mass is 542 g/mol. The number of alkyl carbamates (subject to hydrolysis) is 1. The first-order chi connectivity index (χ1) is 18.1. The van der Waals surface area contributed by atoms with Crippen molar-refractivity contribution in [1.29, 1.82) is 0 Å². The number of ether oxygens (including phenoxy) is 2. The Hall–Kier alpha value is -3.54. The van der Waals surface area contributed by atoms with E-state index in [0.717, 1.165) is 11.1 Å². The van der Waals surface area contributed by atoms with Gasteiger partial charge < -0.3 is 24.6 Å². The zero-order chi connectivity index (χ0) is 27.4. The Morgan fingerprint density at radius 2 is 1.95 bits per heavy atom. The fourth-order valence-corrected chi connectivity index (χ4v) is 4.90. The molecule has 1 saturated heterocycles. The van der Waals surface area contributed by atoms with Gasteiger partial charge in [0.2, 0.25) is 0 Å². The molecule has 3 heterocycles. The van der Waals surface area contributed by atoms with Gasteiger partial charge in [-0.1, -0.05) is 42.1 Å². The Kier molecular flexibility index (Phi) is 8.29. The summed E-state index contributed by atoms with van der Waals surface area (Å²) in [6.45, 7) is 6.31. The minimum atomic E-state index is -0.699. The van der Waals surface area contributed by atoms with E-state index in [0.29, 0.717) is 30.5 Å². The van der Waals surface area contributed by atoms with E-state index in [9.17, 15) is 14.4 Å². The fraction of sp³-hybridized carbons (Fsp3) is 0.500. The predicted octanol–water partition coefficient (Wildman–Crippen LogP) is 3.87. The molecular weight excluding hydrogens is 508 g/mol. The molecule has 0 aliphatic carbocycles. The van der Waals surface area contributed by atoms with Crippen molar-refractivity contribution < 1.29 is 23.9 Å². The van der Waals surface area contributed by atoms with Crippen LogP contribution in [0.4, 0.5) is 20.2 Å². The molecule has 0 saturated carbocycles. The third kappa shape index (κ3) is 6.47. The van der Waals surface area contributed by atoms with E-state index in [1.165, 1.54) is 16.7 Å². The van der Waals surface area contributed by atoms with Crippen LogP contribution >= 0.6 is 11.8 Å². The molecule has 2 aliphatic rings. The number of fused-ring (bicyclic) bond motifs is 1. The predicted molar refractivity (Wildman–Crippen MR) is 143 cm³/mol. The van der Waals surface area contributed by atoms with Crippen LogP contribution in [0.15, 0.2) is 41.7 Å². The first kappa shape index (κ1) is 27.5. The maximum absolute atomic E-state index is 13.5. The third-order valence-electron chi connectivity index (χ3n) is 6.34. The van der Waals surface area contributed by atoms with Gasteiger partial charge in [-0.2, -0.15) is 0 Å². The van der Waals surface area contributed by atoms with Crippen LogP contribution in [0.5, 0.6) is 0 Å². The van der Waals surface area contributed by atoms with Crippen molar-refractivity contribution in [1.82, 2.24) is 25.1 Å².